The van der Waals surface area contributed by atoms with Gasteiger partial charge < -0.3 is 20.1 Å². The number of ether oxygens (including phenoxy) is 1. The molecule has 0 radical (unpaired) electrons. The maximum absolute atomic E-state index is 12.9. The second-order valence-electron chi connectivity index (χ2n) is 5.46. The van der Waals surface area contributed by atoms with Gasteiger partial charge in [-0.25, -0.2) is 0 Å². The number of rotatable bonds is 7. The molecular formula is C19H22N2O4. The van der Waals surface area contributed by atoms with E-state index in [4.69, 9.17) is 4.74 Å². The van der Waals surface area contributed by atoms with Crippen molar-refractivity contribution in [2.24, 2.45) is 0 Å². The van der Waals surface area contributed by atoms with Crippen LogP contribution in [0.4, 0.5) is 5.69 Å². The van der Waals surface area contributed by atoms with Gasteiger partial charge in [-0.3, -0.25) is 9.59 Å². The summed E-state index contributed by atoms with van der Waals surface area (Å²) in [5.74, 6) is 0.224. The number of carbonyl (C=O) groups is 2. The van der Waals surface area contributed by atoms with Crippen molar-refractivity contribution in [3.63, 3.8) is 0 Å². The van der Waals surface area contributed by atoms with Crippen molar-refractivity contribution >= 4 is 17.5 Å². The standard InChI is InChI=1S/C19H22N2O4/c1-14(23)20-13-15-7-9-16(10-8-15)19(24)21(11-12-22)17-5-3-4-6-18(17)25-2/h3-10,22H,11-13H2,1-2H3,(H,20,23). The lowest BCUT2D eigenvalue weighted by atomic mass is 10.1. The fourth-order valence-electron chi connectivity index (χ4n) is 2.43. The molecule has 0 aliphatic heterocycles. The van der Waals surface area contributed by atoms with Crippen molar-refractivity contribution in [3.8, 4) is 5.75 Å². The Kier molecular flexibility index (Phi) is 6.54. The van der Waals surface area contributed by atoms with Gasteiger partial charge in [0, 0.05) is 25.6 Å². The number of anilines is 1. The average Bonchev–Trinajstić information content (AvgIpc) is 2.64. The number of carbonyl (C=O) groups excluding carboxylic acids is 2. The molecule has 0 aromatic heterocycles. The quantitative estimate of drug-likeness (QED) is 0.806. The van der Waals surface area contributed by atoms with Crippen LogP contribution in [0.5, 0.6) is 5.75 Å². The molecule has 0 unspecified atom stereocenters. The number of nitrogens with zero attached hydrogens (tertiary/aromatic N) is 1. The molecule has 0 fully saturated rings. The van der Waals surface area contributed by atoms with Gasteiger partial charge in [-0.2, -0.15) is 0 Å². The Morgan fingerprint density at radius 3 is 2.40 bits per heavy atom. The first-order valence-corrected chi connectivity index (χ1v) is 7.96. The Hall–Kier alpha value is -2.86. The number of methoxy groups -OCH3 is 1. The number of para-hydroxylation sites is 2. The first-order chi connectivity index (χ1) is 12.1. The van der Waals surface area contributed by atoms with E-state index in [1.165, 1.54) is 18.9 Å². The Balaban J connectivity index is 2.24. The predicted molar refractivity (Wildman–Crippen MR) is 95.7 cm³/mol. The molecule has 6 nitrogen and oxygen atoms in total. The molecule has 0 atom stereocenters. The van der Waals surface area contributed by atoms with Gasteiger partial charge in [-0.05, 0) is 29.8 Å². The molecule has 6 heteroatoms. The van der Waals surface area contributed by atoms with Gasteiger partial charge in [-0.15, -0.1) is 0 Å². The third-order valence-electron chi connectivity index (χ3n) is 3.69. The number of amides is 2. The Morgan fingerprint density at radius 1 is 1.12 bits per heavy atom. The van der Waals surface area contributed by atoms with Gasteiger partial charge >= 0.3 is 0 Å². The molecule has 2 amide bonds. The van der Waals surface area contributed by atoms with E-state index in [0.29, 0.717) is 23.5 Å². The highest BCUT2D eigenvalue weighted by Crippen LogP contribution is 2.28. The highest BCUT2D eigenvalue weighted by Gasteiger charge is 2.20. The van der Waals surface area contributed by atoms with Crippen LogP contribution in [0.25, 0.3) is 0 Å². The van der Waals surface area contributed by atoms with Gasteiger partial charge in [0.05, 0.1) is 19.4 Å². The Labute approximate surface area is 147 Å². The van der Waals surface area contributed by atoms with E-state index >= 15 is 0 Å². The van der Waals surface area contributed by atoms with E-state index in [1.807, 2.05) is 12.1 Å². The van der Waals surface area contributed by atoms with E-state index in [1.54, 1.807) is 36.4 Å². The lowest BCUT2D eigenvalue weighted by molar-refractivity contribution is -0.119. The first-order valence-electron chi connectivity index (χ1n) is 7.96. The summed E-state index contributed by atoms with van der Waals surface area (Å²) in [7, 11) is 1.54. The van der Waals surface area contributed by atoms with Gasteiger partial charge in [0.15, 0.2) is 0 Å². The largest absolute Gasteiger partial charge is 0.495 e. The van der Waals surface area contributed by atoms with Crippen LogP contribution in [0.15, 0.2) is 48.5 Å². The smallest absolute Gasteiger partial charge is 0.258 e. The van der Waals surface area contributed by atoms with Crippen LogP contribution in [-0.4, -0.2) is 37.2 Å². The maximum atomic E-state index is 12.9. The molecule has 2 aromatic carbocycles. The van der Waals surface area contributed by atoms with Crippen LogP contribution in [-0.2, 0) is 11.3 Å². The lowest BCUT2D eigenvalue weighted by Gasteiger charge is -2.24. The molecule has 0 saturated carbocycles. The number of hydrogen-bond donors (Lipinski definition) is 2. The number of hydrogen-bond acceptors (Lipinski definition) is 4. The molecule has 132 valence electrons. The number of benzene rings is 2. The highest BCUT2D eigenvalue weighted by atomic mass is 16.5. The first kappa shape index (κ1) is 18.5. The minimum Gasteiger partial charge on any atom is -0.495 e. The summed E-state index contributed by atoms with van der Waals surface area (Å²) in [6.45, 7) is 1.87. The van der Waals surface area contributed by atoms with Crippen molar-refractivity contribution in [1.29, 1.82) is 0 Å². The van der Waals surface area contributed by atoms with Crippen LogP contribution in [0.3, 0.4) is 0 Å². The molecule has 0 aliphatic rings. The molecule has 2 N–H and O–H groups in total. The summed E-state index contributed by atoms with van der Waals surface area (Å²) < 4.78 is 5.32. The molecule has 0 saturated heterocycles. The lowest BCUT2D eigenvalue weighted by Crippen LogP contribution is -2.33. The summed E-state index contributed by atoms with van der Waals surface area (Å²) in [5.41, 5.74) is 2.00. The van der Waals surface area contributed by atoms with E-state index in [-0.39, 0.29) is 25.0 Å². The zero-order valence-electron chi connectivity index (χ0n) is 14.4. The molecule has 2 aromatic rings. The average molecular weight is 342 g/mol. The summed E-state index contributed by atoms with van der Waals surface area (Å²) in [4.78, 5) is 25.3. The predicted octanol–water partition coefficient (Wildman–Crippen LogP) is 1.97. The minimum absolute atomic E-state index is 0.106. The molecular weight excluding hydrogens is 320 g/mol. The molecule has 0 heterocycles. The number of nitrogens with one attached hydrogen (secondary N) is 1. The van der Waals surface area contributed by atoms with Crippen LogP contribution in [0.1, 0.15) is 22.8 Å². The van der Waals surface area contributed by atoms with E-state index < -0.39 is 0 Å². The molecule has 0 aliphatic carbocycles. The molecule has 0 spiro atoms. The summed E-state index contributed by atoms with van der Waals surface area (Å²) in [6, 6.07) is 14.2. The summed E-state index contributed by atoms with van der Waals surface area (Å²) in [6.07, 6.45) is 0. The third-order valence-corrected chi connectivity index (χ3v) is 3.69. The Morgan fingerprint density at radius 2 is 1.80 bits per heavy atom. The fraction of sp³-hybridized carbons (Fsp3) is 0.263. The van der Waals surface area contributed by atoms with Crippen LogP contribution >= 0.6 is 0 Å². The van der Waals surface area contributed by atoms with Crippen LogP contribution in [0.2, 0.25) is 0 Å². The summed E-state index contributed by atoms with van der Waals surface area (Å²) in [5, 5.41) is 12.1. The van der Waals surface area contributed by atoms with Crippen LogP contribution < -0.4 is 15.0 Å². The van der Waals surface area contributed by atoms with Crippen molar-refractivity contribution in [3.05, 3.63) is 59.7 Å². The van der Waals surface area contributed by atoms with Gasteiger partial charge in [0.1, 0.15) is 5.75 Å². The van der Waals surface area contributed by atoms with Gasteiger partial charge in [-0.1, -0.05) is 24.3 Å². The second kappa shape index (κ2) is 8.84. The van der Waals surface area contributed by atoms with Crippen LogP contribution in [0, 0.1) is 0 Å². The minimum atomic E-state index is -0.232. The van der Waals surface area contributed by atoms with Crippen molar-refractivity contribution < 1.29 is 19.4 Å². The normalized spacial score (nSPS) is 10.2. The van der Waals surface area contributed by atoms with E-state index in [9.17, 15) is 14.7 Å². The van der Waals surface area contributed by atoms with Crippen molar-refractivity contribution in [2.75, 3.05) is 25.2 Å². The highest BCUT2D eigenvalue weighted by molar-refractivity contribution is 6.06. The van der Waals surface area contributed by atoms with Gasteiger partial charge in [0.25, 0.3) is 5.91 Å². The Bertz CT molecular complexity index is 728. The maximum Gasteiger partial charge on any atom is 0.258 e. The third kappa shape index (κ3) is 4.81. The van der Waals surface area contributed by atoms with Gasteiger partial charge in [0.2, 0.25) is 5.91 Å². The van der Waals surface area contributed by atoms with E-state index in [0.717, 1.165) is 5.56 Å². The number of aliphatic hydroxyl groups excluding tert-OH is 1. The number of aliphatic hydroxyl groups is 1. The fourth-order valence-corrected chi connectivity index (χ4v) is 2.43. The monoisotopic (exact) mass is 342 g/mol. The molecule has 25 heavy (non-hydrogen) atoms. The zero-order chi connectivity index (χ0) is 18.2. The topological polar surface area (TPSA) is 78.9 Å². The van der Waals surface area contributed by atoms with E-state index in [2.05, 4.69) is 5.32 Å². The molecule has 0 bridgehead atoms. The second-order valence-corrected chi connectivity index (χ2v) is 5.46. The van der Waals surface area contributed by atoms with Crippen molar-refractivity contribution in [1.82, 2.24) is 5.32 Å². The zero-order valence-corrected chi connectivity index (χ0v) is 14.4. The molecule has 2 rings (SSSR count). The summed E-state index contributed by atoms with van der Waals surface area (Å²) >= 11 is 0. The van der Waals surface area contributed by atoms with Crippen molar-refractivity contribution in [2.45, 2.75) is 13.5 Å². The SMILES string of the molecule is COc1ccccc1N(CCO)C(=O)c1ccc(CNC(C)=O)cc1.